The molecule has 0 atom stereocenters. The van der Waals surface area contributed by atoms with Gasteiger partial charge in [0.25, 0.3) is 0 Å². The van der Waals surface area contributed by atoms with Gasteiger partial charge in [0, 0.05) is 19.1 Å². The summed E-state index contributed by atoms with van der Waals surface area (Å²) in [7, 11) is 1.56. The van der Waals surface area contributed by atoms with Crippen molar-refractivity contribution in [3.8, 4) is 17.2 Å². The number of esters is 1. The van der Waals surface area contributed by atoms with Crippen LogP contribution in [0.15, 0.2) is 46.9 Å². The first-order valence-corrected chi connectivity index (χ1v) is 6.99. The number of carbonyl (C=O) groups excluding carboxylic acids is 1. The summed E-state index contributed by atoms with van der Waals surface area (Å²) >= 11 is 0. The van der Waals surface area contributed by atoms with E-state index < -0.39 is 5.97 Å². The molecule has 0 unspecified atom stereocenters. The number of ether oxygens (including phenoxy) is 3. The molecule has 118 valence electrons. The summed E-state index contributed by atoms with van der Waals surface area (Å²) in [6.45, 7) is 1.55. The van der Waals surface area contributed by atoms with E-state index in [0.717, 1.165) is 0 Å². The number of hydrogen-bond acceptors (Lipinski definition) is 6. The van der Waals surface area contributed by atoms with Crippen LogP contribution < -0.4 is 14.2 Å². The number of carbonyl (C=O) groups is 1. The second-order valence-corrected chi connectivity index (χ2v) is 4.80. The number of benzene rings is 2. The fourth-order valence-corrected chi connectivity index (χ4v) is 2.08. The van der Waals surface area contributed by atoms with E-state index in [2.05, 4.69) is 4.98 Å². The van der Waals surface area contributed by atoms with E-state index in [1.807, 2.05) is 0 Å². The largest absolute Gasteiger partial charge is 0.497 e. The van der Waals surface area contributed by atoms with Gasteiger partial charge in [0.1, 0.15) is 22.8 Å². The lowest BCUT2D eigenvalue weighted by Gasteiger charge is -2.07. The average Bonchev–Trinajstić information content (AvgIpc) is 2.92. The van der Waals surface area contributed by atoms with E-state index in [9.17, 15) is 4.79 Å². The first-order chi connectivity index (χ1) is 11.1. The maximum atomic E-state index is 11.9. The molecular weight excluding hydrogens is 298 g/mol. The van der Waals surface area contributed by atoms with Gasteiger partial charge in [0.15, 0.2) is 18.1 Å². The van der Waals surface area contributed by atoms with Crippen LogP contribution in [0.1, 0.15) is 5.89 Å². The van der Waals surface area contributed by atoms with Gasteiger partial charge in [-0.15, -0.1) is 0 Å². The molecule has 0 saturated heterocycles. The molecular formula is C17H15NO5. The SMILES string of the molecule is COc1cccc(OCC(=O)Oc2ccc3oc(C)nc3c2)c1. The molecule has 0 bridgehead atoms. The van der Waals surface area contributed by atoms with Crippen molar-refractivity contribution in [1.29, 1.82) is 0 Å². The van der Waals surface area contributed by atoms with Crippen LogP contribution in [0.2, 0.25) is 0 Å². The van der Waals surface area contributed by atoms with Crippen molar-refractivity contribution in [3.63, 3.8) is 0 Å². The lowest BCUT2D eigenvalue weighted by atomic mass is 10.3. The van der Waals surface area contributed by atoms with Crippen molar-refractivity contribution >= 4 is 17.1 Å². The van der Waals surface area contributed by atoms with E-state index in [1.165, 1.54) is 0 Å². The van der Waals surface area contributed by atoms with Gasteiger partial charge >= 0.3 is 5.97 Å². The molecule has 0 amide bonds. The minimum atomic E-state index is -0.507. The zero-order valence-electron chi connectivity index (χ0n) is 12.7. The lowest BCUT2D eigenvalue weighted by molar-refractivity contribution is -0.136. The monoisotopic (exact) mass is 313 g/mol. The molecule has 0 aliphatic rings. The van der Waals surface area contributed by atoms with Crippen LogP contribution in [0.25, 0.3) is 11.1 Å². The van der Waals surface area contributed by atoms with E-state index in [1.54, 1.807) is 56.5 Å². The highest BCUT2D eigenvalue weighted by molar-refractivity contribution is 5.78. The van der Waals surface area contributed by atoms with Gasteiger partial charge < -0.3 is 18.6 Å². The van der Waals surface area contributed by atoms with Gasteiger partial charge in [-0.05, 0) is 24.3 Å². The topological polar surface area (TPSA) is 70.8 Å². The molecule has 0 fully saturated rings. The van der Waals surface area contributed by atoms with Crippen molar-refractivity contribution < 1.29 is 23.4 Å². The molecule has 1 heterocycles. The Bertz CT molecular complexity index is 840. The molecule has 0 N–H and O–H groups in total. The number of oxazole rings is 1. The number of aromatic nitrogens is 1. The summed E-state index contributed by atoms with van der Waals surface area (Å²) in [6, 6.07) is 12.0. The van der Waals surface area contributed by atoms with E-state index in [-0.39, 0.29) is 6.61 Å². The minimum absolute atomic E-state index is 0.205. The molecule has 2 aromatic carbocycles. The van der Waals surface area contributed by atoms with Crippen LogP contribution in [-0.2, 0) is 4.79 Å². The Balaban J connectivity index is 1.61. The Kier molecular flexibility index (Phi) is 4.14. The smallest absolute Gasteiger partial charge is 0.349 e. The summed E-state index contributed by atoms with van der Waals surface area (Å²) < 4.78 is 21.1. The van der Waals surface area contributed by atoms with Gasteiger partial charge in [-0.1, -0.05) is 6.07 Å². The number of aryl methyl sites for hydroxylation is 1. The standard InChI is InChI=1S/C17H15NO5/c1-11-18-15-9-14(6-7-16(15)22-11)23-17(19)10-21-13-5-3-4-12(8-13)20-2/h3-9H,10H2,1-2H3. The summed E-state index contributed by atoms with van der Waals surface area (Å²) in [5.41, 5.74) is 1.29. The number of nitrogens with zero attached hydrogens (tertiary/aromatic N) is 1. The average molecular weight is 313 g/mol. The third kappa shape index (κ3) is 3.60. The summed E-state index contributed by atoms with van der Waals surface area (Å²) in [6.07, 6.45) is 0. The van der Waals surface area contributed by atoms with Crippen LogP contribution in [0.4, 0.5) is 0 Å². The van der Waals surface area contributed by atoms with Crippen molar-refractivity contribution in [3.05, 3.63) is 48.4 Å². The molecule has 0 saturated carbocycles. The van der Waals surface area contributed by atoms with Crippen LogP contribution >= 0.6 is 0 Å². The molecule has 0 radical (unpaired) electrons. The van der Waals surface area contributed by atoms with Gasteiger partial charge in [-0.2, -0.15) is 0 Å². The van der Waals surface area contributed by atoms with Crippen molar-refractivity contribution in [1.82, 2.24) is 4.98 Å². The molecule has 0 aliphatic heterocycles. The molecule has 6 nitrogen and oxygen atoms in total. The Labute approximate surface area is 132 Å². The van der Waals surface area contributed by atoms with Gasteiger partial charge in [0.05, 0.1) is 7.11 Å². The maximum Gasteiger partial charge on any atom is 0.349 e. The third-order valence-electron chi connectivity index (χ3n) is 3.10. The second kappa shape index (κ2) is 6.39. The number of fused-ring (bicyclic) bond motifs is 1. The minimum Gasteiger partial charge on any atom is -0.497 e. The Morgan fingerprint density at radius 2 is 1.96 bits per heavy atom. The normalized spacial score (nSPS) is 10.5. The van der Waals surface area contributed by atoms with Crippen LogP contribution in [0, 0.1) is 6.92 Å². The van der Waals surface area contributed by atoms with Crippen LogP contribution in [0.3, 0.4) is 0 Å². The van der Waals surface area contributed by atoms with E-state index in [4.69, 9.17) is 18.6 Å². The number of hydrogen-bond donors (Lipinski definition) is 0. The quantitative estimate of drug-likeness (QED) is 0.532. The first-order valence-electron chi connectivity index (χ1n) is 6.99. The first kappa shape index (κ1) is 14.9. The van der Waals surface area contributed by atoms with Crippen LogP contribution in [0.5, 0.6) is 17.2 Å². The molecule has 3 rings (SSSR count). The zero-order chi connectivity index (χ0) is 16.2. The Hall–Kier alpha value is -3.02. The molecule has 6 heteroatoms. The lowest BCUT2D eigenvalue weighted by Crippen LogP contribution is -2.17. The molecule has 23 heavy (non-hydrogen) atoms. The van der Waals surface area contributed by atoms with Crippen molar-refractivity contribution in [2.24, 2.45) is 0 Å². The Morgan fingerprint density at radius 1 is 1.13 bits per heavy atom. The fraction of sp³-hybridized carbons (Fsp3) is 0.176. The van der Waals surface area contributed by atoms with Gasteiger partial charge in [0.2, 0.25) is 0 Å². The predicted molar refractivity (Wildman–Crippen MR) is 82.9 cm³/mol. The highest BCUT2D eigenvalue weighted by Crippen LogP contribution is 2.22. The van der Waals surface area contributed by atoms with E-state index >= 15 is 0 Å². The summed E-state index contributed by atoms with van der Waals surface area (Å²) in [4.78, 5) is 16.0. The number of methoxy groups -OCH3 is 1. The highest BCUT2D eigenvalue weighted by Gasteiger charge is 2.09. The summed E-state index contributed by atoms with van der Waals surface area (Å²) in [5.74, 6) is 1.63. The fourth-order valence-electron chi connectivity index (χ4n) is 2.08. The van der Waals surface area contributed by atoms with Crippen LogP contribution in [-0.4, -0.2) is 24.7 Å². The summed E-state index contributed by atoms with van der Waals surface area (Å²) in [5, 5.41) is 0. The number of rotatable bonds is 5. The third-order valence-corrected chi connectivity index (χ3v) is 3.10. The maximum absolute atomic E-state index is 11.9. The molecule has 3 aromatic rings. The molecule has 0 aliphatic carbocycles. The predicted octanol–water partition coefficient (Wildman–Crippen LogP) is 3.13. The van der Waals surface area contributed by atoms with Crippen molar-refractivity contribution in [2.75, 3.05) is 13.7 Å². The molecule has 1 aromatic heterocycles. The molecule has 0 spiro atoms. The van der Waals surface area contributed by atoms with E-state index in [0.29, 0.717) is 34.2 Å². The zero-order valence-corrected chi connectivity index (χ0v) is 12.7. The van der Waals surface area contributed by atoms with Gasteiger partial charge in [-0.3, -0.25) is 0 Å². The second-order valence-electron chi connectivity index (χ2n) is 4.80. The van der Waals surface area contributed by atoms with Crippen molar-refractivity contribution in [2.45, 2.75) is 6.92 Å². The Morgan fingerprint density at radius 3 is 2.78 bits per heavy atom. The van der Waals surface area contributed by atoms with Gasteiger partial charge in [-0.25, -0.2) is 9.78 Å². The highest BCUT2D eigenvalue weighted by atomic mass is 16.6.